The van der Waals surface area contributed by atoms with Gasteiger partial charge in [-0.1, -0.05) is 12.1 Å². The van der Waals surface area contributed by atoms with Crippen LogP contribution in [-0.4, -0.2) is 51.1 Å². The number of hydrogen-bond acceptors (Lipinski definition) is 5. The summed E-state index contributed by atoms with van der Waals surface area (Å²) >= 11 is 0. The van der Waals surface area contributed by atoms with Gasteiger partial charge in [-0.3, -0.25) is 4.79 Å². The number of rotatable bonds is 9. The summed E-state index contributed by atoms with van der Waals surface area (Å²) in [6.45, 7) is 2.94. The minimum Gasteiger partial charge on any atom is -0.386 e. The standard InChI is InChI=1S/C16H24FNO5S/c1-11(2)23-9-8-15(19)18-14(10-17)16(20)12-4-6-13(7-5-12)24(3,21)22/h4-7,11,14,16,20H,8-10H2,1-3H3,(H,18,19)/t14-,16-/m1/s1. The topological polar surface area (TPSA) is 92.7 Å². The van der Waals surface area contributed by atoms with Gasteiger partial charge >= 0.3 is 0 Å². The van der Waals surface area contributed by atoms with Gasteiger partial charge in [-0.2, -0.15) is 0 Å². The molecule has 0 aromatic heterocycles. The average molecular weight is 361 g/mol. The van der Waals surface area contributed by atoms with Crippen LogP contribution in [-0.2, 0) is 19.4 Å². The highest BCUT2D eigenvalue weighted by atomic mass is 32.2. The molecule has 2 N–H and O–H groups in total. The lowest BCUT2D eigenvalue weighted by Crippen LogP contribution is -2.41. The van der Waals surface area contributed by atoms with Crippen molar-refractivity contribution in [3.63, 3.8) is 0 Å². The molecule has 0 bridgehead atoms. The van der Waals surface area contributed by atoms with Crippen molar-refractivity contribution < 1.29 is 27.4 Å². The van der Waals surface area contributed by atoms with E-state index in [1.165, 1.54) is 24.3 Å². The highest BCUT2D eigenvalue weighted by Gasteiger charge is 2.23. The van der Waals surface area contributed by atoms with E-state index in [9.17, 15) is 22.7 Å². The van der Waals surface area contributed by atoms with Crippen molar-refractivity contribution in [1.82, 2.24) is 5.32 Å². The molecule has 0 unspecified atom stereocenters. The first kappa shape index (κ1) is 20.5. The highest BCUT2D eigenvalue weighted by Crippen LogP contribution is 2.20. The molecule has 0 saturated heterocycles. The average Bonchev–Trinajstić information content (AvgIpc) is 2.51. The number of hydrogen-bond donors (Lipinski definition) is 2. The van der Waals surface area contributed by atoms with Crippen LogP contribution in [0.4, 0.5) is 4.39 Å². The maximum absolute atomic E-state index is 13.2. The molecule has 0 aliphatic heterocycles. The second-order valence-corrected chi connectivity index (χ2v) is 7.80. The zero-order valence-corrected chi connectivity index (χ0v) is 14.8. The number of alkyl halides is 1. The largest absolute Gasteiger partial charge is 0.386 e. The minimum atomic E-state index is -3.35. The third-order valence-corrected chi connectivity index (χ3v) is 4.45. The van der Waals surface area contributed by atoms with Gasteiger partial charge in [-0.25, -0.2) is 12.8 Å². The number of aliphatic hydroxyl groups is 1. The lowest BCUT2D eigenvalue weighted by Gasteiger charge is -2.22. The molecule has 136 valence electrons. The van der Waals surface area contributed by atoms with E-state index in [4.69, 9.17) is 4.74 Å². The van der Waals surface area contributed by atoms with E-state index in [-0.39, 0.29) is 24.0 Å². The maximum atomic E-state index is 13.2. The van der Waals surface area contributed by atoms with Gasteiger partial charge in [0.15, 0.2) is 9.84 Å². The number of benzene rings is 1. The molecule has 24 heavy (non-hydrogen) atoms. The highest BCUT2D eigenvalue weighted by molar-refractivity contribution is 7.90. The van der Waals surface area contributed by atoms with Crippen molar-refractivity contribution in [1.29, 1.82) is 0 Å². The third-order valence-electron chi connectivity index (χ3n) is 3.32. The van der Waals surface area contributed by atoms with Gasteiger partial charge in [0.05, 0.1) is 23.6 Å². The van der Waals surface area contributed by atoms with Gasteiger partial charge < -0.3 is 15.2 Å². The van der Waals surface area contributed by atoms with E-state index in [1.807, 2.05) is 13.8 Å². The zero-order chi connectivity index (χ0) is 18.3. The molecule has 1 amide bonds. The maximum Gasteiger partial charge on any atom is 0.222 e. The van der Waals surface area contributed by atoms with E-state index in [0.29, 0.717) is 5.56 Å². The quantitative estimate of drug-likeness (QED) is 0.693. The summed E-state index contributed by atoms with van der Waals surface area (Å²) in [4.78, 5) is 11.9. The number of nitrogens with one attached hydrogen (secondary N) is 1. The van der Waals surface area contributed by atoms with Crippen molar-refractivity contribution in [2.75, 3.05) is 19.5 Å². The molecule has 1 aromatic rings. The van der Waals surface area contributed by atoms with Crippen LogP contribution in [0.3, 0.4) is 0 Å². The number of amides is 1. The summed E-state index contributed by atoms with van der Waals surface area (Å²) in [5.41, 5.74) is 0.323. The molecule has 0 spiro atoms. The molecule has 1 rings (SSSR count). The molecular formula is C16H24FNO5S. The van der Waals surface area contributed by atoms with E-state index >= 15 is 0 Å². The van der Waals surface area contributed by atoms with Gasteiger partial charge in [0, 0.05) is 12.7 Å². The van der Waals surface area contributed by atoms with Crippen LogP contribution in [0.5, 0.6) is 0 Å². The van der Waals surface area contributed by atoms with Crippen molar-refractivity contribution in [3.05, 3.63) is 29.8 Å². The molecule has 6 nitrogen and oxygen atoms in total. The van der Waals surface area contributed by atoms with Gasteiger partial charge in [0.1, 0.15) is 12.8 Å². The Kier molecular flexibility index (Phi) is 7.78. The predicted molar refractivity (Wildman–Crippen MR) is 88.1 cm³/mol. The summed E-state index contributed by atoms with van der Waals surface area (Å²) in [6.07, 6.45) is -0.149. The fourth-order valence-corrected chi connectivity index (χ4v) is 2.64. The molecule has 0 radical (unpaired) electrons. The third kappa shape index (κ3) is 6.54. The predicted octanol–water partition coefficient (Wildman–Crippen LogP) is 1.39. The number of halogens is 1. The van der Waals surface area contributed by atoms with E-state index < -0.39 is 34.6 Å². The lowest BCUT2D eigenvalue weighted by molar-refractivity contribution is -0.124. The second kappa shape index (κ2) is 9.10. The van der Waals surface area contributed by atoms with Crippen molar-refractivity contribution in [3.8, 4) is 0 Å². The Bertz CT molecular complexity index is 630. The Hall–Kier alpha value is -1.51. The number of carbonyl (C=O) groups excluding carboxylic acids is 1. The van der Waals surface area contributed by atoms with Gasteiger partial charge in [0.2, 0.25) is 5.91 Å². The SMILES string of the molecule is CC(C)OCCC(=O)N[C@H](CF)[C@H](O)c1ccc(S(C)(=O)=O)cc1. The van der Waals surface area contributed by atoms with Crippen molar-refractivity contribution >= 4 is 15.7 Å². The normalized spacial score (nSPS) is 14.4. The fraction of sp³-hybridized carbons (Fsp3) is 0.562. The molecule has 0 aliphatic carbocycles. The fourth-order valence-electron chi connectivity index (χ4n) is 2.01. The second-order valence-electron chi connectivity index (χ2n) is 5.78. The number of carbonyl (C=O) groups is 1. The van der Waals surface area contributed by atoms with Crippen LogP contribution >= 0.6 is 0 Å². The van der Waals surface area contributed by atoms with Crippen LogP contribution in [0, 0.1) is 0 Å². The molecule has 8 heteroatoms. The van der Waals surface area contributed by atoms with E-state index in [2.05, 4.69) is 5.32 Å². The van der Waals surface area contributed by atoms with Crippen LogP contribution in [0.25, 0.3) is 0 Å². The van der Waals surface area contributed by atoms with Gasteiger partial charge in [-0.15, -0.1) is 0 Å². The molecule has 0 aliphatic rings. The zero-order valence-electron chi connectivity index (χ0n) is 14.0. The Morgan fingerprint density at radius 1 is 1.29 bits per heavy atom. The van der Waals surface area contributed by atoms with Crippen LogP contribution in [0.1, 0.15) is 31.9 Å². The molecule has 1 aromatic carbocycles. The first-order valence-corrected chi connectivity index (χ1v) is 9.49. The summed E-state index contributed by atoms with van der Waals surface area (Å²) in [7, 11) is -3.35. The van der Waals surface area contributed by atoms with Crippen LogP contribution in [0.15, 0.2) is 29.2 Å². The number of aliphatic hydroxyl groups excluding tert-OH is 1. The van der Waals surface area contributed by atoms with E-state index in [0.717, 1.165) is 6.26 Å². The van der Waals surface area contributed by atoms with Gasteiger partial charge in [0.25, 0.3) is 0 Å². The first-order chi connectivity index (χ1) is 11.1. The summed E-state index contributed by atoms with van der Waals surface area (Å²) in [5, 5.41) is 12.6. The Morgan fingerprint density at radius 2 is 1.88 bits per heavy atom. The summed E-state index contributed by atoms with van der Waals surface area (Å²) < 4.78 is 41.2. The molecule has 0 heterocycles. The Labute approximate surface area is 141 Å². The van der Waals surface area contributed by atoms with Crippen molar-refractivity contribution in [2.45, 2.75) is 43.4 Å². The minimum absolute atomic E-state index is 0.00581. The smallest absolute Gasteiger partial charge is 0.222 e. The lowest BCUT2D eigenvalue weighted by atomic mass is 10.0. The Morgan fingerprint density at radius 3 is 2.33 bits per heavy atom. The Balaban J connectivity index is 2.69. The summed E-state index contributed by atoms with van der Waals surface area (Å²) in [5.74, 6) is -0.426. The monoisotopic (exact) mass is 361 g/mol. The molecule has 2 atom stereocenters. The molecule has 0 saturated carbocycles. The van der Waals surface area contributed by atoms with Gasteiger partial charge in [-0.05, 0) is 31.5 Å². The van der Waals surface area contributed by atoms with Crippen LogP contribution in [0.2, 0.25) is 0 Å². The number of ether oxygens (including phenoxy) is 1. The summed E-state index contributed by atoms with van der Waals surface area (Å²) in [6, 6.07) is 4.36. The van der Waals surface area contributed by atoms with Crippen molar-refractivity contribution in [2.24, 2.45) is 0 Å². The first-order valence-electron chi connectivity index (χ1n) is 7.60. The van der Waals surface area contributed by atoms with Crippen LogP contribution < -0.4 is 5.32 Å². The molecular weight excluding hydrogens is 337 g/mol. The van der Waals surface area contributed by atoms with E-state index in [1.54, 1.807) is 0 Å². The number of sulfone groups is 1. The molecule has 0 fully saturated rings.